The Hall–Kier alpha value is -2.49. The zero-order valence-electron chi connectivity index (χ0n) is 15.8. The van der Waals surface area contributed by atoms with Crippen molar-refractivity contribution in [3.05, 3.63) is 59.7 Å². The van der Waals surface area contributed by atoms with Crippen LogP contribution in [-0.4, -0.2) is 24.1 Å². The van der Waals surface area contributed by atoms with Crippen LogP contribution in [0.1, 0.15) is 55.7 Å². The number of benzene rings is 2. The fourth-order valence-corrected chi connectivity index (χ4v) is 4.81. The summed E-state index contributed by atoms with van der Waals surface area (Å²) in [6.45, 7) is 0. The first kappa shape index (κ1) is 16.7. The van der Waals surface area contributed by atoms with Crippen molar-refractivity contribution in [2.75, 3.05) is 7.11 Å². The van der Waals surface area contributed by atoms with Crippen molar-refractivity contribution < 1.29 is 9.47 Å². The van der Waals surface area contributed by atoms with Crippen LogP contribution in [0.2, 0.25) is 0 Å². The highest BCUT2D eigenvalue weighted by molar-refractivity contribution is 6.01. The molecule has 2 aromatic rings. The van der Waals surface area contributed by atoms with Crippen LogP contribution in [0.25, 0.3) is 0 Å². The Morgan fingerprint density at radius 3 is 2.59 bits per heavy atom. The van der Waals surface area contributed by atoms with Crippen LogP contribution in [0.15, 0.2) is 53.6 Å². The van der Waals surface area contributed by atoms with Gasteiger partial charge in [0, 0.05) is 17.9 Å². The molecule has 2 atom stereocenters. The van der Waals surface area contributed by atoms with Gasteiger partial charge in [-0.25, -0.2) is 5.01 Å². The van der Waals surface area contributed by atoms with E-state index >= 15 is 0 Å². The molecule has 2 aromatic carbocycles. The minimum atomic E-state index is 0.000289. The molecule has 1 saturated carbocycles. The highest BCUT2D eigenvalue weighted by atomic mass is 16.5. The van der Waals surface area contributed by atoms with Crippen LogP contribution in [-0.2, 0) is 0 Å². The van der Waals surface area contributed by atoms with Crippen molar-refractivity contribution in [2.45, 2.75) is 50.8 Å². The summed E-state index contributed by atoms with van der Waals surface area (Å²) in [5.74, 6) is 2.28. The van der Waals surface area contributed by atoms with E-state index in [9.17, 15) is 0 Å². The standard InChI is InChI=1S/C23H26N2O2/c1-26-21-14-8-13-18-20-15-19(16-9-4-2-5-10-16)24-25(20)23(27-22(18)21)17-11-6-3-7-12-17/h2,4-5,8-10,13-14,17,20,23H,3,6-7,11-12,15H2,1H3/t20-,23+/m1/s1. The molecular formula is C23H26N2O2. The second-order valence-electron chi connectivity index (χ2n) is 7.80. The van der Waals surface area contributed by atoms with Gasteiger partial charge in [0.25, 0.3) is 0 Å². The fourth-order valence-electron chi connectivity index (χ4n) is 4.81. The second kappa shape index (κ2) is 6.91. The summed E-state index contributed by atoms with van der Waals surface area (Å²) in [6.07, 6.45) is 7.26. The van der Waals surface area contributed by atoms with E-state index in [0.717, 1.165) is 23.6 Å². The second-order valence-corrected chi connectivity index (χ2v) is 7.80. The topological polar surface area (TPSA) is 34.1 Å². The van der Waals surface area contributed by atoms with Crippen molar-refractivity contribution in [1.29, 1.82) is 0 Å². The predicted octanol–water partition coefficient (Wildman–Crippen LogP) is 5.15. The number of methoxy groups -OCH3 is 1. The molecule has 0 bridgehead atoms. The number of rotatable bonds is 3. The molecule has 0 amide bonds. The van der Waals surface area contributed by atoms with Gasteiger partial charge in [-0.1, -0.05) is 61.7 Å². The number of hydrogen-bond donors (Lipinski definition) is 0. The van der Waals surface area contributed by atoms with Crippen LogP contribution in [0, 0.1) is 5.92 Å². The highest BCUT2D eigenvalue weighted by Gasteiger charge is 2.44. The largest absolute Gasteiger partial charge is 0.493 e. The van der Waals surface area contributed by atoms with Crippen LogP contribution < -0.4 is 9.47 Å². The zero-order valence-corrected chi connectivity index (χ0v) is 15.8. The molecule has 27 heavy (non-hydrogen) atoms. The normalized spacial score (nSPS) is 24.6. The Morgan fingerprint density at radius 1 is 1.00 bits per heavy atom. The van der Waals surface area contributed by atoms with E-state index in [0.29, 0.717) is 5.92 Å². The highest BCUT2D eigenvalue weighted by Crippen LogP contribution is 2.49. The van der Waals surface area contributed by atoms with E-state index < -0.39 is 0 Å². The molecule has 140 valence electrons. The average molecular weight is 362 g/mol. The molecule has 0 saturated heterocycles. The molecule has 0 spiro atoms. The van der Waals surface area contributed by atoms with E-state index in [-0.39, 0.29) is 12.3 Å². The van der Waals surface area contributed by atoms with E-state index in [1.54, 1.807) is 7.11 Å². The molecule has 0 unspecified atom stereocenters. The third-order valence-electron chi connectivity index (χ3n) is 6.19. The Bertz CT molecular complexity index is 843. The summed E-state index contributed by atoms with van der Waals surface area (Å²) in [5, 5.41) is 7.33. The monoisotopic (exact) mass is 362 g/mol. The molecule has 1 fully saturated rings. The predicted molar refractivity (Wildman–Crippen MR) is 106 cm³/mol. The van der Waals surface area contributed by atoms with E-state index in [2.05, 4.69) is 47.5 Å². The molecule has 3 aliphatic rings. The van der Waals surface area contributed by atoms with Crippen molar-refractivity contribution >= 4 is 5.71 Å². The van der Waals surface area contributed by atoms with E-state index in [1.807, 2.05) is 6.07 Å². The van der Waals surface area contributed by atoms with Crippen LogP contribution in [0.5, 0.6) is 11.5 Å². The number of hydrazone groups is 1. The van der Waals surface area contributed by atoms with Gasteiger partial charge in [0.15, 0.2) is 17.7 Å². The minimum Gasteiger partial charge on any atom is -0.493 e. The Labute approximate surface area is 160 Å². The quantitative estimate of drug-likeness (QED) is 0.758. The lowest BCUT2D eigenvalue weighted by Crippen LogP contribution is -2.46. The Kier molecular flexibility index (Phi) is 4.27. The molecule has 0 N–H and O–H groups in total. The molecule has 4 nitrogen and oxygen atoms in total. The van der Waals surface area contributed by atoms with Gasteiger partial charge < -0.3 is 9.47 Å². The van der Waals surface area contributed by atoms with Gasteiger partial charge in [0.1, 0.15) is 0 Å². The summed E-state index contributed by atoms with van der Waals surface area (Å²) in [6, 6.07) is 17.0. The van der Waals surface area contributed by atoms with Gasteiger partial charge in [-0.15, -0.1) is 0 Å². The molecular weight excluding hydrogens is 336 g/mol. The van der Waals surface area contributed by atoms with E-state index in [1.165, 1.54) is 43.2 Å². The first-order valence-electron chi connectivity index (χ1n) is 10.1. The maximum absolute atomic E-state index is 6.59. The van der Waals surface area contributed by atoms with Crippen molar-refractivity contribution in [1.82, 2.24) is 5.01 Å². The van der Waals surface area contributed by atoms with Crippen molar-refractivity contribution in [3.8, 4) is 11.5 Å². The molecule has 5 rings (SSSR count). The maximum Gasteiger partial charge on any atom is 0.190 e. The van der Waals surface area contributed by atoms with Crippen LogP contribution in [0.3, 0.4) is 0 Å². The van der Waals surface area contributed by atoms with Crippen LogP contribution >= 0.6 is 0 Å². The van der Waals surface area contributed by atoms with E-state index in [4.69, 9.17) is 14.6 Å². The van der Waals surface area contributed by atoms with Gasteiger partial charge in [-0.2, -0.15) is 5.10 Å². The zero-order chi connectivity index (χ0) is 18.2. The Balaban J connectivity index is 1.56. The third kappa shape index (κ3) is 2.88. The number of ether oxygens (including phenoxy) is 2. The lowest BCUT2D eigenvalue weighted by Gasteiger charge is -2.43. The molecule has 0 radical (unpaired) electrons. The third-order valence-corrected chi connectivity index (χ3v) is 6.19. The first-order chi connectivity index (χ1) is 13.3. The summed E-state index contributed by atoms with van der Waals surface area (Å²) in [5.41, 5.74) is 3.55. The number of hydrogen-bond acceptors (Lipinski definition) is 4. The average Bonchev–Trinajstić information content (AvgIpc) is 3.20. The minimum absolute atomic E-state index is 0.000289. The summed E-state index contributed by atoms with van der Waals surface area (Å²) in [7, 11) is 1.72. The van der Waals surface area contributed by atoms with Crippen LogP contribution in [0.4, 0.5) is 0 Å². The van der Waals surface area contributed by atoms with Crippen molar-refractivity contribution in [2.24, 2.45) is 11.0 Å². The molecule has 1 aliphatic carbocycles. The van der Waals surface area contributed by atoms with Gasteiger partial charge in [-0.3, -0.25) is 0 Å². The van der Waals surface area contributed by atoms with Gasteiger partial charge in [0.05, 0.1) is 18.9 Å². The molecule has 2 aliphatic heterocycles. The summed E-state index contributed by atoms with van der Waals surface area (Å²) >= 11 is 0. The smallest absolute Gasteiger partial charge is 0.190 e. The number of fused-ring (bicyclic) bond motifs is 3. The SMILES string of the molecule is COc1cccc2c1O[C@@H](C1CCCCC1)N1N=C(c3ccccc3)C[C@H]21. The lowest BCUT2D eigenvalue weighted by atomic mass is 9.86. The van der Waals surface area contributed by atoms with Gasteiger partial charge >= 0.3 is 0 Å². The number of para-hydroxylation sites is 1. The van der Waals surface area contributed by atoms with Gasteiger partial charge in [0.2, 0.25) is 0 Å². The van der Waals surface area contributed by atoms with Gasteiger partial charge in [-0.05, 0) is 24.5 Å². The first-order valence-corrected chi connectivity index (χ1v) is 10.1. The molecule has 4 heteroatoms. The molecule has 2 heterocycles. The number of nitrogens with zero attached hydrogens (tertiary/aromatic N) is 2. The van der Waals surface area contributed by atoms with Crippen molar-refractivity contribution in [3.63, 3.8) is 0 Å². The fraction of sp³-hybridized carbons (Fsp3) is 0.435. The Morgan fingerprint density at radius 2 is 1.81 bits per heavy atom. The summed E-state index contributed by atoms with van der Waals surface area (Å²) in [4.78, 5) is 0. The summed E-state index contributed by atoms with van der Waals surface area (Å²) < 4.78 is 12.2. The maximum atomic E-state index is 6.59. The molecule has 0 aromatic heterocycles. The lowest BCUT2D eigenvalue weighted by molar-refractivity contribution is -0.0656.